The third-order valence-corrected chi connectivity index (χ3v) is 3.97. The van der Waals surface area contributed by atoms with Crippen LogP contribution in [0.2, 0.25) is 0 Å². The second-order valence-corrected chi connectivity index (χ2v) is 5.21. The van der Waals surface area contributed by atoms with Crippen molar-refractivity contribution in [2.75, 3.05) is 26.2 Å². The van der Waals surface area contributed by atoms with E-state index in [1.54, 1.807) is 9.80 Å². The van der Waals surface area contributed by atoms with Gasteiger partial charge in [-0.15, -0.1) is 0 Å². The molecule has 3 N–H and O–H groups in total. The van der Waals surface area contributed by atoms with E-state index in [-0.39, 0.29) is 18.0 Å². The highest BCUT2D eigenvalue weighted by Gasteiger charge is 2.37. The summed E-state index contributed by atoms with van der Waals surface area (Å²) < 4.78 is 0. The third kappa shape index (κ3) is 2.22. The van der Waals surface area contributed by atoms with Gasteiger partial charge in [-0.05, 0) is 5.56 Å². The Morgan fingerprint density at radius 2 is 2.05 bits per heavy atom. The quantitative estimate of drug-likeness (QED) is 0.792. The second kappa shape index (κ2) is 5.13. The van der Waals surface area contributed by atoms with Crippen molar-refractivity contribution < 1.29 is 9.59 Å². The van der Waals surface area contributed by atoms with Gasteiger partial charge in [0.2, 0.25) is 5.91 Å². The maximum atomic E-state index is 12.4. The van der Waals surface area contributed by atoms with Crippen molar-refractivity contribution in [1.82, 2.24) is 15.1 Å². The summed E-state index contributed by atoms with van der Waals surface area (Å²) in [4.78, 5) is 27.5. The number of nitrogens with two attached hydrogens (primary N) is 1. The van der Waals surface area contributed by atoms with E-state index in [9.17, 15) is 9.59 Å². The normalized spacial score (nSPS) is 23.2. The molecule has 2 saturated heterocycles. The van der Waals surface area contributed by atoms with Crippen molar-refractivity contribution in [2.45, 2.75) is 12.1 Å². The van der Waals surface area contributed by atoms with Gasteiger partial charge >= 0.3 is 6.03 Å². The standard InChI is InChI=1S/C14H18N4O2/c15-12(10-4-2-1-3-5-10)13(19)17-6-7-18-11(9-17)8-16-14(18)20/h1-5,11-12H,6-9,15H2,(H,16,20)/t11?,12-/m1/s1. The fourth-order valence-corrected chi connectivity index (χ4v) is 2.80. The molecule has 1 aromatic carbocycles. The molecule has 1 unspecified atom stereocenters. The number of hydrogen-bond donors (Lipinski definition) is 2. The molecule has 3 rings (SSSR count). The van der Waals surface area contributed by atoms with E-state index in [0.29, 0.717) is 26.2 Å². The maximum Gasteiger partial charge on any atom is 0.317 e. The minimum atomic E-state index is -0.632. The van der Waals surface area contributed by atoms with Gasteiger partial charge in [-0.1, -0.05) is 30.3 Å². The predicted molar refractivity (Wildman–Crippen MR) is 73.8 cm³/mol. The molecule has 2 atom stereocenters. The Morgan fingerprint density at radius 1 is 1.30 bits per heavy atom. The Kier molecular flexibility index (Phi) is 3.31. The number of urea groups is 1. The lowest BCUT2D eigenvalue weighted by atomic mass is 10.1. The van der Waals surface area contributed by atoms with Crippen LogP contribution in [0.3, 0.4) is 0 Å². The van der Waals surface area contributed by atoms with Crippen LogP contribution in [-0.4, -0.2) is 54.0 Å². The number of benzene rings is 1. The van der Waals surface area contributed by atoms with Crippen LogP contribution in [-0.2, 0) is 4.79 Å². The zero-order valence-electron chi connectivity index (χ0n) is 11.2. The van der Waals surface area contributed by atoms with Crippen molar-refractivity contribution in [3.05, 3.63) is 35.9 Å². The van der Waals surface area contributed by atoms with E-state index in [4.69, 9.17) is 5.73 Å². The first-order valence-corrected chi connectivity index (χ1v) is 6.80. The molecule has 0 bridgehead atoms. The highest BCUT2D eigenvalue weighted by atomic mass is 16.2. The van der Waals surface area contributed by atoms with Crippen molar-refractivity contribution in [1.29, 1.82) is 0 Å². The molecule has 1 aromatic rings. The second-order valence-electron chi connectivity index (χ2n) is 5.21. The van der Waals surface area contributed by atoms with Crippen molar-refractivity contribution in [3.63, 3.8) is 0 Å². The summed E-state index contributed by atoms with van der Waals surface area (Å²) in [6.07, 6.45) is 0. The monoisotopic (exact) mass is 274 g/mol. The fourth-order valence-electron chi connectivity index (χ4n) is 2.80. The molecule has 0 aromatic heterocycles. The predicted octanol–water partition coefficient (Wildman–Crippen LogP) is -0.0776. The Labute approximate surface area is 117 Å². The summed E-state index contributed by atoms with van der Waals surface area (Å²) in [6, 6.07) is 8.78. The molecular weight excluding hydrogens is 256 g/mol. The van der Waals surface area contributed by atoms with Crippen LogP contribution in [0.5, 0.6) is 0 Å². The van der Waals surface area contributed by atoms with E-state index in [1.165, 1.54) is 0 Å². The Morgan fingerprint density at radius 3 is 2.80 bits per heavy atom. The average Bonchev–Trinajstić information content (AvgIpc) is 2.87. The molecule has 2 heterocycles. The molecule has 0 radical (unpaired) electrons. The van der Waals surface area contributed by atoms with Crippen molar-refractivity contribution in [3.8, 4) is 0 Å². The molecule has 20 heavy (non-hydrogen) atoms. The number of hydrogen-bond acceptors (Lipinski definition) is 3. The zero-order valence-corrected chi connectivity index (χ0v) is 11.2. The molecule has 6 nitrogen and oxygen atoms in total. The van der Waals surface area contributed by atoms with Crippen LogP contribution in [0.1, 0.15) is 11.6 Å². The van der Waals surface area contributed by atoms with Crippen molar-refractivity contribution in [2.24, 2.45) is 5.73 Å². The Balaban J connectivity index is 1.68. The number of fused-ring (bicyclic) bond motifs is 1. The molecule has 106 valence electrons. The zero-order chi connectivity index (χ0) is 14.1. The number of nitrogens with zero attached hydrogens (tertiary/aromatic N) is 2. The molecule has 0 aliphatic carbocycles. The molecule has 2 aliphatic rings. The van der Waals surface area contributed by atoms with Crippen LogP contribution in [0.25, 0.3) is 0 Å². The van der Waals surface area contributed by atoms with E-state index in [0.717, 1.165) is 5.56 Å². The molecular formula is C14H18N4O2. The van der Waals surface area contributed by atoms with Gasteiger partial charge in [0.15, 0.2) is 0 Å². The number of carbonyl (C=O) groups is 2. The van der Waals surface area contributed by atoms with Crippen LogP contribution in [0.15, 0.2) is 30.3 Å². The summed E-state index contributed by atoms with van der Waals surface area (Å²) in [5, 5.41) is 2.80. The van der Waals surface area contributed by atoms with Gasteiger partial charge in [-0.2, -0.15) is 0 Å². The van der Waals surface area contributed by atoms with Crippen LogP contribution in [0.4, 0.5) is 4.79 Å². The number of nitrogens with one attached hydrogen (secondary N) is 1. The number of piperazine rings is 1. The number of amides is 3. The lowest BCUT2D eigenvalue weighted by molar-refractivity contribution is -0.134. The first-order valence-electron chi connectivity index (χ1n) is 6.80. The SMILES string of the molecule is N[C@@H](C(=O)N1CCN2C(=O)NCC2C1)c1ccccc1. The van der Waals surface area contributed by atoms with Crippen LogP contribution < -0.4 is 11.1 Å². The molecule has 0 spiro atoms. The molecule has 2 fully saturated rings. The topological polar surface area (TPSA) is 78.7 Å². The van der Waals surface area contributed by atoms with Gasteiger partial charge in [-0.3, -0.25) is 4.79 Å². The minimum absolute atomic E-state index is 0.0329. The lowest BCUT2D eigenvalue weighted by Crippen LogP contribution is -2.55. The van der Waals surface area contributed by atoms with Gasteiger partial charge in [0.05, 0.1) is 6.04 Å². The van der Waals surface area contributed by atoms with Gasteiger partial charge in [0.25, 0.3) is 0 Å². The summed E-state index contributed by atoms with van der Waals surface area (Å²) in [5.41, 5.74) is 6.87. The van der Waals surface area contributed by atoms with E-state index in [2.05, 4.69) is 5.32 Å². The lowest BCUT2D eigenvalue weighted by Gasteiger charge is -2.37. The molecule has 2 aliphatic heterocycles. The van der Waals surface area contributed by atoms with E-state index >= 15 is 0 Å². The summed E-state index contributed by atoms with van der Waals surface area (Å²) in [7, 11) is 0. The summed E-state index contributed by atoms with van der Waals surface area (Å²) in [6.45, 7) is 2.27. The average molecular weight is 274 g/mol. The molecule has 3 amide bonds. The van der Waals surface area contributed by atoms with Gasteiger partial charge < -0.3 is 20.9 Å². The molecule has 0 saturated carbocycles. The number of rotatable bonds is 2. The summed E-state index contributed by atoms with van der Waals surface area (Å²) in [5.74, 6) is -0.0739. The maximum absolute atomic E-state index is 12.4. The smallest absolute Gasteiger partial charge is 0.317 e. The van der Waals surface area contributed by atoms with Gasteiger partial charge in [-0.25, -0.2) is 4.79 Å². The van der Waals surface area contributed by atoms with E-state index in [1.807, 2.05) is 30.3 Å². The van der Waals surface area contributed by atoms with Gasteiger partial charge in [0.1, 0.15) is 6.04 Å². The first kappa shape index (κ1) is 12.9. The highest BCUT2D eigenvalue weighted by molar-refractivity contribution is 5.84. The Hall–Kier alpha value is -2.08. The van der Waals surface area contributed by atoms with Crippen LogP contribution in [0, 0.1) is 0 Å². The largest absolute Gasteiger partial charge is 0.337 e. The summed E-state index contributed by atoms with van der Waals surface area (Å²) >= 11 is 0. The first-order chi connectivity index (χ1) is 9.66. The van der Waals surface area contributed by atoms with Crippen LogP contribution >= 0.6 is 0 Å². The molecule has 6 heteroatoms. The minimum Gasteiger partial charge on any atom is -0.337 e. The van der Waals surface area contributed by atoms with Crippen molar-refractivity contribution >= 4 is 11.9 Å². The van der Waals surface area contributed by atoms with Gasteiger partial charge in [0, 0.05) is 26.2 Å². The highest BCUT2D eigenvalue weighted by Crippen LogP contribution is 2.18. The fraction of sp³-hybridized carbons (Fsp3) is 0.429. The Bertz CT molecular complexity index is 519. The number of carbonyl (C=O) groups excluding carboxylic acids is 2. The van der Waals surface area contributed by atoms with E-state index < -0.39 is 6.04 Å². The third-order valence-electron chi connectivity index (χ3n) is 3.97.